The first-order chi connectivity index (χ1) is 13.3. The van der Waals surface area contributed by atoms with Crippen molar-refractivity contribution < 1.29 is 9.53 Å². The first-order valence-corrected chi connectivity index (χ1v) is 9.64. The molecule has 1 atom stereocenters. The highest BCUT2D eigenvalue weighted by Crippen LogP contribution is 2.38. The van der Waals surface area contributed by atoms with E-state index in [1.807, 2.05) is 6.92 Å². The highest BCUT2D eigenvalue weighted by molar-refractivity contribution is 7.80. The number of nitrogens with one attached hydrogen (secondary N) is 2. The number of carbonyl (C=O) groups is 1. The van der Waals surface area contributed by atoms with Gasteiger partial charge in [-0.25, -0.2) is 0 Å². The maximum atomic E-state index is 13.2. The van der Waals surface area contributed by atoms with Gasteiger partial charge in [-0.15, -0.1) is 0 Å². The molecule has 0 spiro atoms. The number of hydrogen-bond acceptors (Lipinski definition) is 3. The molecule has 0 aliphatic carbocycles. The molecule has 1 unspecified atom stereocenters. The van der Waals surface area contributed by atoms with Gasteiger partial charge in [0.05, 0.1) is 18.7 Å². The van der Waals surface area contributed by atoms with E-state index in [0.29, 0.717) is 43.4 Å². The van der Waals surface area contributed by atoms with E-state index in [2.05, 4.69) is 10.6 Å². The van der Waals surface area contributed by atoms with Gasteiger partial charge in [-0.3, -0.25) is 4.79 Å². The molecule has 2 aromatic rings. The highest BCUT2D eigenvalue weighted by atomic mass is 35.5. The van der Waals surface area contributed by atoms with Gasteiger partial charge in [0.15, 0.2) is 5.11 Å². The summed E-state index contributed by atoms with van der Waals surface area (Å²) in [6.07, 6.45) is 0. The molecule has 3 rings (SSSR count). The SMILES string of the molecule is COc1cccc(NC(=O)C2=C(C)N(C)C(=S)NC2c2c(Cl)cccc2Cl)c1. The van der Waals surface area contributed by atoms with Crippen LogP contribution in [0.2, 0.25) is 10.0 Å². The highest BCUT2D eigenvalue weighted by Gasteiger charge is 2.34. The van der Waals surface area contributed by atoms with Crippen molar-refractivity contribution in [3.8, 4) is 5.75 Å². The quantitative estimate of drug-likeness (QED) is 0.676. The lowest BCUT2D eigenvalue weighted by Gasteiger charge is -2.36. The van der Waals surface area contributed by atoms with E-state index in [0.717, 1.165) is 0 Å². The second kappa shape index (κ2) is 8.39. The van der Waals surface area contributed by atoms with Gasteiger partial charge in [0.2, 0.25) is 0 Å². The smallest absolute Gasteiger partial charge is 0.255 e. The van der Waals surface area contributed by atoms with Gasteiger partial charge in [0.1, 0.15) is 5.75 Å². The molecule has 1 aliphatic rings. The Morgan fingerprint density at radius 3 is 2.50 bits per heavy atom. The average Bonchev–Trinajstić information content (AvgIpc) is 2.66. The molecular weight excluding hydrogens is 417 g/mol. The summed E-state index contributed by atoms with van der Waals surface area (Å²) in [5.74, 6) is 0.364. The van der Waals surface area contributed by atoms with Crippen LogP contribution in [0.3, 0.4) is 0 Å². The Morgan fingerprint density at radius 2 is 1.86 bits per heavy atom. The Balaban J connectivity index is 2.05. The standard InChI is InChI=1S/C20H19Cl2N3O2S/c1-11-16(19(26)23-12-6-4-7-13(10-12)27-3)18(24-20(28)25(11)2)17-14(21)8-5-9-15(17)22/h4-10,18H,1-3H3,(H,23,26)(H,24,28). The first-order valence-electron chi connectivity index (χ1n) is 8.47. The molecule has 0 saturated carbocycles. The molecule has 0 aromatic heterocycles. The summed E-state index contributed by atoms with van der Waals surface area (Å²) in [7, 11) is 3.37. The number of amides is 1. The minimum absolute atomic E-state index is 0.284. The van der Waals surface area contributed by atoms with Crippen LogP contribution in [0.5, 0.6) is 5.75 Å². The second-order valence-electron chi connectivity index (χ2n) is 6.26. The van der Waals surface area contributed by atoms with Crippen LogP contribution in [0, 0.1) is 0 Å². The van der Waals surface area contributed by atoms with Crippen LogP contribution in [0.15, 0.2) is 53.7 Å². The van der Waals surface area contributed by atoms with Crippen molar-refractivity contribution in [2.45, 2.75) is 13.0 Å². The van der Waals surface area contributed by atoms with Crippen LogP contribution < -0.4 is 15.4 Å². The summed E-state index contributed by atoms with van der Waals surface area (Å²) in [6, 6.07) is 11.8. The predicted octanol–water partition coefficient (Wildman–Crippen LogP) is 4.78. The number of ether oxygens (including phenoxy) is 1. The number of hydrogen-bond donors (Lipinski definition) is 2. The van der Waals surface area contributed by atoms with Crippen LogP contribution in [-0.2, 0) is 4.79 Å². The fourth-order valence-corrected chi connectivity index (χ4v) is 3.90. The molecule has 0 radical (unpaired) electrons. The summed E-state index contributed by atoms with van der Waals surface area (Å²) >= 11 is 18.2. The molecule has 1 heterocycles. The Kier molecular flexibility index (Phi) is 6.13. The van der Waals surface area contributed by atoms with Crippen molar-refractivity contribution in [1.82, 2.24) is 10.2 Å². The monoisotopic (exact) mass is 435 g/mol. The summed E-state index contributed by atoms with van der Waals surface area (Å²) in [4.78, 5) is 15.0. The zero-order valence-corrected chi connectivity index (χ0v) is 17.9. The number of halogens is 2. The van der Waals surface area contributed by atoms with Gasteiger partial charge < -0.3 is 20.3 Å². The zero-order valence-electron chi connectivity index (χ0n) is 15.5. The molecule has 0 fully saturated rings. The van der Waals surface area contributed by atoms with Gasteiger partial charge >= 0.3 is 0 Å². The molecule has 0 bridgehead atoms. The van der Waals surface area contributed by atoms with Crippen molar-refractivity contribution in [2.24, 2.45) is 0 Å². The van der Waals surface area contributed by atoms with E-state index in [4.69, 9.17) is 40.2 Å². The van der Waals surface area contributed by atoms with Crippen molar-refractivity contribution >= 4 is 52.1 Å². The number of benzene rings is 2. The van der Waals surface area contributed by atoms with E-state index in [1.54, 1.807) is 61.5 Å². The van der Waals surface area contributed by atoms with Gasteiger partial charge in [-0.1, -0.05) is 35.3 Å². The third kappa shape index (κ3) is 3.94. The average molecular weight is 436 g/mol. The topological polar surface area (TPSA) is 53.6 Å². The summed E-state index contributed by atoms with van der Waals surface area (Å²) in [5, 5.41) is 7.49. The van der Waals surface area contributed by atoms with Crippen LogP contribution in [0.4, 0.5) is 5.69 Å². The Hall–Kier alpha value is -2.28. The van der Waals surface area contributed by atoms with Crippen molar-refractivity contribution in [3.05, 3.63) is 69.3 Å². The lowest BCUT2D eigenvalue weighted by molar-refractivity contribution is -0.113. The second-order valence-corrected chi connectivity index (χ2v) is 7.46. The van der Waals surface area contributed by atoms with Crippen molar-refractivity contribution in [2.75, 3.05) is 19.5 Å². The molecule has 0 saturated heterocycles. The fourth-order valence-electron chi connectivity index (χ4n) is 3.03. The third-order valence-corrected chi connectivity index (χ3v) is 5.67. The molecular formula is C20H19Cl2N3O2S. The zero-order chi connectivity index (χ0) is 20.4. The summed E-state index contributed by atoms with van der Waals surface area (Å²) in [5.41, 5.74) is 2.42. The molecule has 1 amide bonds. The van der Waals surface area contributed by atoms with Gasteiger partial charge in [0, 0.05) is 40.1 Å². The van der Waals surface area contributed by atoms with Gasteiger partial charge in [-0.2, -0.15) is 0 Å². The van der Waals surface area contributed by atoms with E-state index >= 15 is 0 Å². The van der Waals surface area contributed by atoms with Crippen LogP contribution >= 0.6 is 35.4 Å². The summed E-state index contributed by atoms with van der Waals surface area (Å²) in [6.45, 7) is 1.84. The maximum Gasteiger partial charge on any atom is 0.255 e. The lowest BCUT2D eigenvalue weighted by atomic mass is 9.94. The first kappa shape index (κ1) is 20.5. The molecule has 146 valence electrons. The molecule has 8 heteroatoms. The molecule has 1 aliphatic heterocycles. The van der Waals surface area contributed by atoms with Gasteiger partial charge in [0.25, 0.3) is 5.91 Å². The number of rotatable bonds is 4. The Morgan fingerprint density at radius 1 is 1.21 bits per heavy atom. The lowest BCUT2D eigenvalue weighted by Crippen LogP contribution is -2.46. The Bertz CT molecular complexity index is 957. The fraction of sp³-hybridized carbons (Fsp3) is 0.200. The third-order valence-electron chi connectivity index (χ3n) is 4.61. The predicted molar refractivity (Wildman–Crippen MR) is 117 cm³/mol. The minimum Gasteiger partial charge on any atom is -0.497 e. The van der Waals surface area contributed by atoms with Gasteiger partial charge in [-0.05, 0) is 43.4 Å². The number of thiocarbonyl (C=S) groups is 1. The van der Waals surface area contributed by atoms with Crippen LogP contribution in [0.25, 0.3) is 0 Å². The normalized spacial score (nSPS) is 16.7. The maximum absolute atomic E-state index is 13.2. The van der Waals surface area contributed by atoms with E-state index in [1.165, 1.54) is 0 Å². The number of nitrogens with zero attached hydrogens (tertiary/aromatic N) is 1. The Labute approximate surface area is 179 Å². The molecule has 5 nitrogen and oxygen atoms in total. The van der Waals surface area contributed by atoms with Crippen molar-refractivity contribution in [3.63, 3.8) is 0 Å². The summed E-state index contributed by atoms with van der Waals surface area (Å²) < 4.78 is 5.22. The van der Waals surface area contributed by atoms with E-state index in [-0.39, 0.29) is 5.91 Å². The molecule has 2 N–H and O–H groups in total. The molecule has 2 aromatic carbocycles. The molecule has 28 heavy (non-hydrogen) atoms. The number of methoxy groups -OCH3 is 1. The van der Waals surface area contributed by atoms with E-state index < -0.39 is 6.04 Å². The number of allylic oxidation sites excluding steroid dienone is 1. The van der Waals surface area contributed by atoms with E-state index in [9.17, 15) is 4.79 Å². The van der Waals surface area contributed by atoms with Crippen LogP contribution in [0.1, 0.15) is 18.5 Å². The number of anilines is 1. The minimum atomic E-state index is -0.574. The van der Waals surface area contributed by atoms with Crippen LogP contribution in [-0.4, -0.2) is 30.1 Å². The number of carbonyl (C=O) groups excluding carboxylic acids is 1. The largest absolute Gasteiger partial charge is 0.497 e. The van der Waals surface area contributed by atoms with Crippen molar-refractivity contribution in [1.29, 1.82) is 0 Å².